The van der Waals surface area contributed by atoms with E-state index in [1.54, 1.807) is 0 Å². The molecule has 5 heteroatoms. The Labute approximate surface area is 80.4 Å². The van der Waals surface area contributed by atoms with Crippen molar-refractivity contribution in [1.82, 2.24) is 4.98 Å². The molecule has 1 aromatic heterocycles. The minimum Gasteiger partial charge on any atom is -0.493 e. The maximum Gasteiger partial charge on any atom is 0.341 e. The molecule has 0 amide bonds. The van der Waals surface area contributed by atoms with Gasteiger partial charge >= 0.3 is 5.97 Å². The van der Waals surface area contributed by atoms with Gasteiger partial charge in [0.1, 0.15) is 5.56 Å². The molecule has 1 heterocycles. The summed E-state index contributed by atoms with van der Waals surface area (Å²) in [5.41, 5.74) is 0.269. The topological polar surface area (TPSA) is 48.4 Å². The van der Waals surface area contributed by atoms with Crippen LogP contribution in [0.5, 0.6) is 5.75 Å². The number of carbonyl (C=O) groups excluding carboxylic acids is 1. The monoisotopic (exact) mass is 201 g/mol. The average molecular weight is 202 g/mol. The number of hydrogen-bond acceptors (Lipinski definition) is 4. The summed E-state index contributed by atoms with van der Waals surface area (Å²) in [6.45, 7) is 0. The van der Waals surface area contributed by atoms with E-state index in [4.69, 9.17) is 16.3 Å². The molecule has 13 heavy (non-hydrogen) atoms. The van der Waals surface area contributed by atoms with Gasteiger partial charge in [-0.15, -0.1) is 0 Å². The van der Waals surface area contributed by atoms with E-state index in [2.05, 4.69) is 9.72 Å². The van der Waals surface area contributed by atoms with E-state index in [0.717, 1.165) is 0 Å². The molecule has 0 saturated carbocycles. The van der Waals surface area contributed by atoms with Crippen molar-refractivity contribution in [1.29, 1.82) is 0 Å². The molecule has 0 spiro atoms. The normalized spacial score (nSPS) is 9.46. The largest absolute Gasteiger partial charge is 0.493 e. The van der Waals surface area contributed by atoms with Gasteiger partial charge in [-0.1, -0.05) is 11.6 Å². The summed E-state index contributed by atoms with van der Waals surface area (Å²) in [5, 5.41) is 0.144. The number of esters is 1. The minimum absolute atomic E-state index is 0.144. The number of pyridine rings is 1. The van der Waals surface area contributed by atoms with Gasteiger partial charge in [0.25, 0.3) is 0 Å². The summed E-state index contributed by atoms with van der Waals surface area (Å²) in [6.07, 6.45) is 1.41. The molecule has 0 unspecified atom stereocenters. The van der Waals surface area contributed by atoms with Crippen molar-refractivity contribution in [3.8, 4) is 5.75 Å². The van der Waals surface area contributed by atoms with E-state index >= 15 is 0 Å². The van der Waals surface area contributed by atoms with Crippen LogP contribution in [0.3, 0.4) is 0 Å². The van der Waals surface area contributed by atoms with E-state index in [1.807, 2.05) is 0 Å². The average Bonchev–Trinajstić information content (AvgIpc) is 2.16. The lowest BCUT2D eigenvalue weighted by molar-refractivity contribution is 0.0597. The van der Waals surface area contributed by atoms with Crippen molar-refractivity contribution in [2.45, 2.75) is 0 Å². The third-order valence-electron chi connectivity index (χ3n) is 1.47. The molecule has 70 valence electrons. The third-order valence-corrected chi connectivity index (χ3v) is 1.74. The molecule has 0 N–H and O–H groups in total. The Balaban J connectivity index is 3.20. The number of carbonyl (C=O) groups is 1. The zero-order valence-corrected chi connectivity index (χ0v) is 7.96. The zero-order valence-electron chi connectivity index (χ0n) is 7.20. The van der Waals surface area contributed by atoms with Gasteiger partial charge in [-0.3, -0.25) is 0 Å². The highest BCUT2D eigenvalue weighted by Crippen LogP contribution is 2.26. The van der Waals surface area contributed by atoms with Crippen LogP contribution in [0.25, 0.3) is 0 Å². The fraction of sp³-hybridized carbons (Fsp3) is 0.250. The zero-order chi connectivity index (χ0) is 9.84. The summed E-state index contributed by atoms with van der Waals surface area (Å²) in [5.74, 6) is -0.267. The number of halogens is 1. The fourth-order valence-corrected chi connectivity index (χ4v) is 1.12. The minimum atomic E-state index is -0.499. The summed E-state index contributed by atoms with van der Waals surface area (Å²) in [7, 11) is 2.70. The van der Waals surface area contributed by atoms with Crippen LogP contribution in [0.1, 0.15) is 10.4 Å². The summed E-state index contributed by atoms with van der Waals surface area (Å²) >= 11 is 5.69. The van der Waals surface area contributed by atoms with Gasteiger partial charge in [0.15, 0.2) is 10.9 Å². The molecule has 1 aromatic rings. The molecule has 0 saturated heterocycles. The summed E-state index contributed by atoms with van der Waals surface area (Å²) < 4.78 is 9.43. The molecule has 0 aliphatic carbocycles. The van der Waals surface area contributed by atoms with E-state index in [0.29, 0.717) is 0 Å². The van der Waals surface area contributed by atoms with Gasteiger partial charge in [0, 0.05) is 6.20 Å². The van der Waals surface area contributed by atoms with E-state index in [-0.39, 0.29) is 16.5 Å². The van der Waals surface area contributed by atoms with Gasteiger partial charge in [0.05, 0.1) is 14.2 Å². The van der Waals surface area contributed by atoms with Crippen LogP contribution in [-0.4, -0.2) is 25.2 Å². The molecular weight excluding hydrogens is 194 g/mol. The smallest absolute Gasteiger partial charge is 0.341 e. The van der Waals surface area contributed by atoms with Gasteiger partial charge < -0.3 is 9.47 Å². The van der Waals surface area contributed by atoms with Crippen LogP contribution < -0.4 is 4.74 Å². The van der Waals surface area contributed by atoms with Gasteiger partial charge in [0.2, 0.25) is 0 Å². The molecule has 0 bridgehead atoms. The van der Waals surface area contributed by atoms with E-state index in [1.165, 1.54) is 26.5 Å². The molecule has 0 atom stereocenters. The highest BCUT2D eigenvalue weighted by Gasteiger charge is 2.15. The second kappa shape index (κ2) is 4.09. The van der Waals surface area contributed by atoms with Crippen LogP contribution in [0.15, 0.2) is 12.3 Å². The highest BCUT2D eigenvalue weighted by molar-refractivity contribution is 6.31. The lowest BCUT2D eigenvalue weighted by Crippen LogP contribution is -2.04. The Morgan fingerprint density at radius 2 is 2.23 bits per heavy atom. The number of aromatic nitrogens is 1. The Hall–Kier alpha value is -1.29. The first kappa shape index (κ1) is 9.80. The van der Waals surface area contributed by atoms with Crippen LogP contribution >= 0.6 is 11.6 Å². The van der Waals surface area contributed by atoms with Crippen molar-refractivity contribution in [2.24, 2.45) is 0 Å². The molecular formula is C8H8ClNO3. The van der Waals surface area contributed by atoms with Crippen molar-refractivity contribution in [3.05, 3.63) is 23.0 Å². The Morgan fingerprint density at radius 1 is 1.54 bits per heavy atom. The Morgan fingerprint density at radius 3 is 2.77 bits per heavy atom. The van der Waals surface area contributed by atoms with E-state index < -0.39 is 5.97 Å². The highest BCUT2D eigenvalue weighted by atomic mass is 35.5. The van der Waals surface area contributed by atoms with Crippen molar-refractivity contribution in [2.75, 3.05) is 14.2 Å². The first-order valence-corrected chi connectivity index (χ1v) is 3.85. The SMILES string of the molecule is COC(=O)c1ccnc(Cl)c1OC. The van der Waals surface area contributed by atoms with E-state index in [9.17, 15) is 4.79 Å². The van der Waals surface area contributed by atoms with Crippen LogP contribution in [0, 0.1) is 0 Å². The fourth-order valence-electron chi connectivity index (χ4n) is 0.888. The molecule has 4 nitrogen and oxygen atoms in total. The van der Waals surface area contributed by atoms with Crippen molar-refractivity contribution in [3.63, 3.8) is 0 Å². The Kier molecular flexibility index (Phi) is 3.08. The number of nitrogens with zero attached hydrogens (tertiary/aromatic N) is 1. The predicted molar refractivity (Wildman–Crippen MR) is 47.1 cm³/mol. The number of ether oxygens (including phenoxy) is 2. The maximum absolute atomic E-state index is 11.2. The molecule has 0 radical (unpaired) electrons. The van der Waals surface area contributed by atoms with Crippen molar-refractivity contribution < 1.29 is 14.3 Å². The first-order valence-electron chi connectivity index (χ1n) is 3.47. The van der Waals surface area contributed by atoms with Gasteiger partial charge in [-0.05, 0) is 6.07 Å². The van der Waals surface area contributed by atoms with Gasteiger partial charge in [-0.2, -0.15) is 0 Å². The summed E-state index contributed by atoms with van der Waals surface area (Å²) in [6, 6.07) is 1.48. The maximum atomic E-state index is 11.2. The number of methoxy groups -OCH3 is 2. The van der Waals surface area contributed by atoms with Crippen molar-refractivity contribution >= 4 is 17.6 Å². The molecule has 1 rings (SSSR count). The van der Waals surface area contributed by atoms with Crippen LogP contribution in [0.4, 0.5) is 0 Å². The Bertz CT molecular complexity index is 327. The molecule has 0 aliphatic rings. The second-order valence-electron chi connectivity index (χ2n) is 2.17. The molecule has 0 aliphatic heterocycles. The predicted octanol–water partition coefficient (Wildman–Crippen LogP) is 1.53. The quantitative estimate of drug-likeness (QED) is 0.538. The second-order valence-corrected chi connectivity index (χ2v) is 2.53. The molecule has 0 fully saturated rings. The first-order chi connectivity index (χ1) is 6.20. The molecule has 0 aromatic carbocycles. The van der Waals surface area contributed by atoms with Gasteiger partial charge in [-0.25, -0.2) is 9.78 Å². The van der Waals surface area contributed by atoms with Crippen LogP contribution in [-0.2, 0) is 4.74 Å². The summed E-state index contributed by atoms with van der Waals surface area (Å²) in [4.78, 5) is 14.9. The number of rotatable bonds is 2. The third kappa shape index (κ3) is 1.89. The lowest BCUT2D eigenvalue weighted by atomic mass is 10.2. The standard InChI is InChI=1S/C8H8ClNO3/c1-12-6-5(8(11)13-2)3-4-10-7(6)9/h3-4H,1-2H3. The lowest BCUT2D eigenvalue weighted by Gasteiger charge is -2.06. The number of hydrogen-bond donors (Lipinski definition) is 0. The van der Waals surface area contributed by atoms with Crippen LogP contribution in [0.2, 0.25) is 5.15 Å².